The van der Waals surface area contributed by atoms with Gasteiger partial charge in [0.25, 0.3) is 0 Å². The quantitative estimate of drug-likeness (QED) is 0.810. The predicted octanol–water partition coefficient (Wildman–Crippen LogP) is 2.48. The van der Waals surface area contributed by atoms with E-state index in [1.165, 1.54) is 6.92 Å². The fourth-order valence-electron chi connectivity index (χ4n) is 2.87. The molecular formula is C20H22N2O5. The number of benzene rings is 2. The number of para-hydroxylation sites is 1. The van der Waals surface area contributed by atoms with Crippen molar-refractivity contribution in [2.24, 2.45) is 0 Å². The summed E-state index contributed by atoms with van der Waals surface area (Å²) < 4.78 is 15.9. The number of nitrogens with zero attached hydrogens (tertiary/aromatic N) is 1. The van der Waals surface area contributed by atoms with Crippen LogP contribution in [0.2, 0.25) is 0 Å². The molecule has 27 heavy (non-hydrogen) atoms. The van der Waals surface area contributed by atoms with Crippen LogP contribution in [0.1, 0.15) is 18.9 Å². The molecular weight excluding hydrogens is 348 g/mol. The first-order chi connectivity index (χ1) is 13.1. The predicted molar refractivity (Wildman–Crippen MR) is 100 cm³/mol. The molecule has 0 fully saturated rings. The van der Waals surface area contributed by atoms with E-state index in [0.717, 1.165) is 11.3 Å². The second kappa shape index (κ2) is 8.44. The van der Waals surface area contributed by atoms with E-state index >= 15 is 0 Å². The van der Waals surface area contributed by atoms with Gasteiger partial charge in [0.2, 0.25) is 18.6 Å². The van der Waals surface area contributed by atoms with Gasteiger partial charge in [0.05, 0.1) is 7.11 Å². The largest absolute Gasteiger partial charge is 0.496 e. The maximum Gasteiger partial charge on any atom is 0.231 e. The first kappa shape index (κ1) is 18.6. The maximum atomic E-state index is 12.2. The molecule has 7 heteroatoms. The Balaban J connectivity index is 1.58. The van der Waals surface area contributed by atoms with E-state index in [-0.39, 0.29) is 31.6 Å². The van der Waals surface area contributed by atoms with E-state index in [0.29, 0.717) is 23.7 Å². The van der Waals surface area contributed by atoms with Crippen LogP contribution in [0.15, 0.2) is 42.5 Å². The average molecular weight is 370 g/mol. The van der Waals surface area contributed by atoms with Crippen LogP contribution in [0.4, 0.5) is 5.69 Å². The molecule has 0 aliphatic carbocycles. The number of carbonyl (C=O) groups is 2. The number of hydrogen-bond acceptors (Lipinski definition) is 5. The van der Waals surface area contributed by atoms with Crippen LogP contribution in [0, 0.1) is 0 Å². The zero-order chi connectivity index (χ0) is 19.2. The summed E-state index contributed by atoms with van der Waals surface area (Å²) in [7, 11) is 1.59. The van der Waals surface area contributed by atoms with E-state index in [1.807, 2.05) is 24.3 Å². The molecule has 1 heterocycles. The Kier molecular flexibility index (Phi) is 5.80. The highest BCUT2D eigenvalue weighted by molar-refractivity contribution is 5.92. The monoisotopic (exact) mass is 370 g/mol. The molecule has 0 saturated heterocycles. The smallest absolute Gasteiger partial charge is 0.231 e. The maximum absolute atomic E-state index is 12.2. The van der Waals surface area contributed by atoms with Gasteiger partial charge in [-0.2, -0.15) is 0 Å². The Morgan fingerprint density at radius 1 is 1.15 bits per heavy atom. The highest BCUT2D eigenvalue weighted by Gasteiger charge is 2.19. The third kappa shape index (κ3) is 4.49. The average Bonchev–Trinajstić information content (AvgIpc) is 3.14. The molecule has 2 aromatic carbocycles. The third-order valence-electron chi connectivity index (χ3n) is 4.28. The first-order valence-electron chi connectivity index (χ1n) is 8.65. The van der Waals surface area contributed by atoms with Gasteiger partial charge in [0, 0.05) is 43.8 Å². The van der Waals surface area contributed by atoms with E-state index in [9.17, 15) is 9.59 Å². The van der Waals surface area contributed by atoms with Gasteiger partial charge in [-0.1, -0.05) is 18.2 Å². The SMILES string of the molecule is COc1ccccc1CNC(=O)CCN(C(C)=O)c1ccc2c(c1)OCO2. The number of nitrogens with one attached hydrogen (secondary N) is 1. The fourth-order valence-corrected chi connectivity index (χ4v) is 2.87. The highest BCUT2D eigenvalue weighted by Crippen LogP contribution is 2.35. The van der Waals surface area contributed by atoms with Crippen LogP contribution < -0.4 is 24.4 Å². The Labute approximate surface area is 157 Å². The minimum Gasteiger partial charge on any atom is -0.496 e. The van der Waals surface area contributed by atoms with E-state index < -0.39 is 0 Å². The van der Waals surface area contributed by atoms with E-state index in [4.69, 9.17) is 14.2 Å². The number of hydrogen-bond donors (Lipinski definition) is 1. The molecule has 3 rings (SSSR count). The lowest BCUT2D eigenvalue weighted by Gasteiger charge is -2.21. The summed E-state index contributed by atoms with van der Waals surface area (Å²) >= 11 is 0. The minimum atomic E-state index is -0.147. The van der Waals surface area contributed by atoms with Gasteiger partial charge in [-0.15, -0.1) is 0 Å². The van der Waals surface area contributed by atoms with Crippen LogP contribution in [0.3, 0.4) is 0 Å². The second-order valence-corrected chi connectivity index (χ2v) is 6.05. The van der Waals surface area contributed by atoms with E-state index in [2.05, 4.69) is 5.32 Å². The van der Waals surface area contributed by atoms with Crippen LogP contribution in [-0.2, 0) is 16.1 Å². The van der Waals surface area contributed by atoms with Gasteiger partial charge in [-0.3, -0.25) is 9.59 Å². The lowest BCUT2D eigenvalue weighted by Crippen LogP contribution is -2.33. The number of anilines is 1. The number of fused-ring (bicyclic) bond motifs is 1. The summed E-state index contributed by atoms with van der Waals surface area (Å²) in [5.74, 6) is 1.68. The molecule has 0 spiro atoms. The van der Waals surface area contributed by atoms with E-state index in [1.54, 1.807) is 30.2 Å². The lowest BCUT2D eigenvalue weighted by atomic mass is 10.2. The second-order valence-electron chi connectivity index (χ2n) is 6.05. The third-order valence-corrected chi connectivity index (χ3v) is 4.28. The summed E-state index contributed by atoms with van der Waals surface area (Å²) in [5.41, 5.74) is 1.57. The Bertz CT molecular complexity index is 837. The number of rotatable bonds is 7. The van der Waals surface area contributed by atoms with Crippen LogP contribution in [0.5, 0.6) is 17.2 Å². The summed E-state index contributed by atoms with van der Waals surface area (Å²) in [6.45, 7) is 2.28. The molecule has 1 N–H and O–H groups in total. The van der Waals surface area contributed by atoms with Crippen molar-refractivity contribution in [2.45, 2.75) is 19.9 Å². The molecule has 0 saturated carbocycles. The van der Waals surface area contributed by atoms with Crippen molar-refractivity contribution in [1.29, 1.82) is 0 Å². The van der Waals surface area contributed by atoms with Gasteiger partial charge < -0.3 is 24.4 Å². The van der Waals surface area contributed by atoms with Crippen molar-refractivity contribution in [3.63, 3.8) is 0 Å². The van der Waals surface area contributed by atoms with Crippen molar-refractivity contribution >= 4 is 17.5 Å². The Hall–Kier alpha value is -3.22. The molecule has 7 nitrogen and oxygen atoms in total. The van der Waals surface area contributed by atoms with Crippen molar-refractivity contribution in [1.82, 2.24) is 5.32 Å². The van der Waals surface area contributed by atoms with Gasteiger partial charge >= 0.3 is 0 Å². The summed E-state index contributed by atoms with van der Waals surface area (Å²) in [6, 6.07) is 12.8. The minimum absolute atomic E-state index is 0.145. The molecule has 0 bridgehead atoms. The number of amides is 2. The van der Waals surface area contributed by atoms with Gasteiger partial charge in [-0.25, -0.2) is 0 Å². The van der Waals surface area contributed by atoms with Crippen LogP contribution in [0.25, 0.3) is 0 Å². The Morgan fingerprint density at radius 3 is 2.70 bits per heavy atom. The molecule has 0 aromatic heterocycles. The Morgan fingerprint density at radius 2 is 1.93 bits per heavy atom. The molecule has 1 aliphatic rings. The first-order valence-corrected chi connectivity index (χ1v) is 8.65. The van der Waals surface area contributed by atoms with Crippen molar-refractivity contribution in [2.75, 3.05) is 25.3 Å². The zero-order valence-electron chi connectivity index (χ0n) is 15.4. The molecule has 0 atom stereocenters. The van der Waals surface area contributed by atoms with Gasteiger partial charge in [0.15, 0.2) is 11.5 Å². The van der Waals surface area contributed by atoms with Crippen molar-refractivity contribution in [3.05, 3.63) is 48.0 Å². The zero-order valence-corrected chi connectivity index (χ0v) is 15.4. The summed E-state index contributed by atoms with van der Waals surface area (Å²) in [4.78, 5) is 25.8. The number of ether oxygens (including phenoxy) is 3. The molecule has 2 aromatic rings. The molecule has 0 radical (unpaired) electrons. The number of carbonyl (C=O) groups excluding carboxylic acids is 2. The van der Waals surface area contributed by atoms with Crippen LogP contribution >= 0.6 is 0 Å². The standard InChI is InChI=1S/C20H22N2O5/c1-14(23)22(16-7-8-18-19(11-16)27-13-26-18)10-9-20(24)21-12-15-5-3-4-6-17(15)25-2/h3-8,11H,9-10,12-13H2,1-2H3,(H,21,24). The van der Waals surface area contributed by atoms with Gasteiger partial charge in [0.1, 0.15) is 5.75 Å². The topological polar surface area (TPSA) is 77.1 Å². The highest BCUT2D eigenvalue weighted by atomic mass is 16.7. The van der Waals surface area contributed by atoms with Gasteiger partial charge in [-0.05, 0) is 18.2 Å². The van der Waals surface area contributed by atoms with Crippen LogP contribution in [-0.4, -0.2) is 32.3 Å². The summed E-state index contributed by atoms with van der Waals surface area (Å²) in [5, 5.41) is 2.86. The molecule has 2 amide bonds. The molecule has 1 aliphatic heterocycles. The van der Waals surface area contributed by atoms with Crippen molar-refractivity contribution in [3.8, 4) is 17.2 Å². The lowest BCUT2D eigenvalue weighted by molar-refractivity contribution is -0.121. The number of methoxy groups -OCH3 is 1. The molecule has 142 valence electrons. The fraction of sp³-hybridized carbons (Fsp3) is 0.300. The van der Waals surface area contributed by atoms with Crippen molar-refractivity contribution < 1.29 is 23.8 Å². The summed E-state index contributed by atoms with van der Waals surface area (Å²) in [6.07, 6.45) is 0.184. The normalized spacial score (nSPS) is 11.8. The molecule has 0 unspecified atom stereocenters.